The van der Waals surface area contributed by atoms with Gasteiger partial charge in [0.05, 0.1) is 12.4 Å². The van der Waals surface area contributed by atoms with Crippen molar-refractivity contribution in [1.82, 2.24) is 9.97 Å². The molecule has 4 heteroatoms. The third kappa shape index (κ3) is 3.19. The van der Waals surface area contributed by atoms with Crippen LogP contribution in [0.1, 0.15) is 51.1 Å². The molecule has 1 unspecified atom stereocenters. The highest BCUT2D eigenvalue weighted by Crippen LogP contribution is 2.29. The average Bonchev–Trinajstić information content (AvgIpc) is 2.46. The van der Waals surface area contributed by atoms with Gasteiger partial charge in [0.1, 0.15) is 11.9 Å². The van der Waals surface area contributed by atoms with Crippen molar-refractivity contribution >= 4 is 5.82 Å². The summed E-state index contributed by atoms with van der Waals surface area (Å²) in [6.07, 6.45) is 11.0. The lowest BCUT2D eigenvalue weighted by Crippen LogP contribution is -2.30. The Morgan fingerprint density at radius 2 is 2.11 bits per heavy atom. The van der Waals surface area contributed by atoms with E-state index in [1.807, 2.05) is 6.07 Å². The lowest BCUT2D eigenvalue weighted by atomic mass is 9.83. The van der Waals surface area contributed by atoms with Crippen molar-refractivity contribution < 1.29 is 0 Å². The normalized spacial score (nSPS) is 18.0. The van der Waals surface area contributed by atoms with Gasteiger partial charge in [-0.25, -0.2) is 9.97 Å². The van der Waals surface area contributed by atoms with Gasteiger partial charge < -0.3 is 5.32 Å². The summed E-state index contributed by atoms with van der Waals surface area (Å²) in [5, 5.41) is 12.2. The molecule has 1 aliphatic carbocycles. The molecule has 1 atom stereocenters. The van der Waals surface area contributed by atoms with Crippen LogP contribution in [-0.4, -0.2) is 16.0 Å². The lowest BCUT2D eigenvalue weighted by molar-refractivity contribution is 0.312. The molecule has 0 radical (unpaired) electrons. The fourth-order valence-electron chi connectivity index (χ4n) is 2.74. The van der Waals surface area contributed by atoms with Gasteiger partial charge in [0.15, 0.2) is 5.69 Å². The van der Waals surface area contributed by atoms with Crippen LogP contribution < -0.4 is 5.32 Å². The lowest BCUT2D eigenvalue weighted by Gasteiger charge is -2.30. The van der Waals surface area contributed by atoms with Gasteiger partial charge in [0.25, 0.3) is 0 Å². The molecule has 96 valence electrons. The highest BCUT2D eigenvalue weighted by molar-refractivity contribution is 5.34. The third-order valence-corrected chi connectivity index (χ3v) is 3.76. The second kappa shape index (κ2) is 6.34. The fraction of sp³-hybridized carbons (Fsp3) is 0.643. The molecule has 0 amide bonds. The summed E-state index contributed by atoms with van der Waals surface area (Å²) in [6, 6.07) is 2.46. The zero-order valence-electron chi connectivity index (χ0n) is 10.9. The number of nitrogens with zero attached hydrogens (tertiary/aromatic N) is 3. The van der Waals surface area contributed by atoms with Gasteiger partial charge in [-0.05, 0) is 25.2 Å². The molecule has 4 nitrogen and oxygen atoms in total. The SMILES string of the molecule is CCC(Nc1cnc(C#N)cn1)C1CCCCC1. The van der Waals surface area contributed by atoms with Crippen molar-refractivity contribution in [2.75, 3.05) is 5.32 Å². The van der Waals surface area contributed by atoms with Crippen molar-refractivity contribution in [3.05, 3.63) is 18.1 Å². The summed E-state index contributed by atoms with van der Waals surface area (Å²) in [4.78, 5) is 8.28. The molecule has 1 fully saturated rings. The molecule has 1 aromatic rings. The smallest absolute Gasteiger partial charge is 0.158 e. The monoisotopic (exact) mass is 244 g/mol. The Labute approximate surface area is 108 Å². The maximum atomic E-state index is 8.69. The van der Waals surface area contributed by atoms with E-state index in [2.05, 4.69) is 22.2 Å². The second-order valence-electron chi connectivity index (χ2n) is 4.96. The molecule has 18 heavy (non-hydrogen) atoms. The molecule has 0 bridgehead atoms. The second-order valence-corrected chi connectivity index (χ2v) is 4.96. The Morgan fingerprint density at radius 3 is 2.67 bits per heavy atom. The maximum absolute atomic E-state index is 8.69. The first kappa shape index (κ1) is 12.8. The van der Waals surface area contributed by atoms with Crippen LogP contribution in [0.3, 0.4) is 0 Å². The number of hydrogen-bond acceptors (Lipinski definition) is 4. The van der Waals surface area contributed by atoms with Gasteiger partial charge in [-0.2, -0.15) is 5.26 Å². The molecule has 2 rings (SSSR count). The van der Waals surface area contributed by atoms with E-state index >= 15 is 0 Å². The highest BCUT2D eigenvalue weighted by Gasteiger charge is 2.22. The molecule has 1 saturated carbocycles. The van der Waals surface area contributed by atoms with Crippen LogP contribution in [0.25, 0.3) is 0 Å². The maximum Gasteiger partial charge on any atom is 0.158 e. The Bertz CT molecular complexity index is 401. The van der Waals surface area contributed by atoms with Crippen molar-refractivity contribution in [3.8, 4) is 6.07 Å². The summed E-state index contributed by atoms with van der Waals surface area (Å²) in [6.45, 7) is 2.21. The van der Waals surface area contributed by atoms with Crippen molar-refractivity contribution in [2.24, 2.45) is 5.92 Å². The largest absolute Gasteiger partial charge is 0.366 e. The molecular weight excluding hydrogens is 224 g/mol. The van der Waals surface area contributed by atoms with E-state index < -0.39 is 0 Å². The average molecular weight is 244 g/mol. The predicted octanol–water partition coefficient (Wildman–Crippen LogP) is 3.12. The van der Waals surface area contributed by atoms with Crippen LogP contribution in [-0.2, 0) is 0 Å². The molecule has 1 heterocycles. The Kier molecular flexibility index (Phi) is 4.52. The summed E-state index contributed by atoms with van der Waals surface area (Å²) >= 11 is 0. The van der Waals surface area contributed by atoms with Crippen molar-refractivity contribution in [3.63, 3.8) is 0 Å². The van der Waals surface area contributed by atoms with E-state index in [9.17, 15) is 0 Å². The Balaban J connectivity index is 1.98. The zero-order chi connectivity index (χ0) is 12.8. The van der Waals surface area contributed by atoms with Gasteiger partial charge >= 0.3 is 0 Å². The standard InChI is InChI=1S/C14H20N4/c1-2-13(11-6-4-3-5-7-11)18-14-10-16-12(8-15)9-17-14/h9-11,13H,2-7H2,1H3,(H,17,18). The van der Waals surface area contributed by atoms with E-state index in [1.165, 1.54) is 38.3 Å². The summed E-state index contributed by atoms with van der Waals surface area (Å²) in [5.41, 5.74) is 0.367. The molecule has 0 saturated heterocycles. The van der Waals surface area contributed by atoms with Gasteiger partial charge in [0, 0.05) is 6.04 Å². The van der Waals surface area contributed by atoms with Gasteiger partial charge in [-0.15, -0.1) is 0 Å². The number of hydrogen-bond donors (Lipinski definition) is 1. The van der Waals surface area contributed by atoms with E-state index in [0.717, 1.165) is 18.2 Å². The van der Waals surface area contributed by atoms with E-state index in [4.69, 9.17) is 5.26 Å². The molecule has 1 N–H and O–H groups in total. The number of nitrogens with one attached hydrogen (secondary N) is 1. The van der Waals surface area contributed by atoms with Gasteiger partial charge in [-0.3, -0.25) is 0 Å². The first-order valence-electron chi connectivity index (χ1n) is 6.82. The molecule has 1 aromatic heterocycles. The molecule has 0 spiro atoms. The number of nitriles is 1. The van der Waals surface area contributed by atoms with Crippen LogP contribution in [0.2, 0.25) is 0 Å². The van der Waals surface area contributed by atoms with Crippen LogP contribution >= 0.6 is 0 Å². The minimum absolute atomic E-state index is 0.367. The predicted molar refractivity (Wildman–Crippen MR) is 71.0 cm³/mol. The van der Waals surface area contributed by atoms with Crippen LogP contribution in [0.15, 0.2) is 12.4 Å². The van der Waals surface area contributed by atoms with E-state index in [0.29, 0.717) is 11.7 Å². The number of rotatable bonds is 4. The first-order valence-corrected chi connectivity index (χ1v) is 6.82. The molecular formula is C14H20N4. The minimum Gasteiger partial charge on any atom is -0.366 e. The van der Waals surface area contributed by atoms with Gasteiger partial charge in [0.2, 0.25) is 0 Å². The van der Waals surface area contributed by atoms with Gasteiger partial charge in [-0.1, -0.05) is 26.2 Å². The quantitative estimate of drug-likeness (QED) is 0.884. The Hall–Kier alpha value is -1.63. The summed E-state index contributed by atoms with van der Waals surface area (Å²) in [5.74, 6) is 1.53. The van der Waals surface area contributed by atoms with Crippen LogP contribution in [0.5, 0.6) is 0 Å². The molecule has 0 aliphatic heterocycles. The van der Waals surface area contributed by atoms with Crippen LogP contribution in [0, 0.1) is 17.2 Å². The van der Waals surface area contributed by atoms with Crippen molar-refractivity contribution in [2.45, 2.75) is 51.5 Å². The summed E-state index contributed by atoms with van der Waals surface area (Å²) in [7, 11) is 0. The summed E-state index contributed by atoms with van der Waals surface area (Å²) < 4.78 is 0. The number of anilines is 1. The molecule has 1 aliphatic rings. The fourth-order valence-corrected chi connectivity index (χ4v) is 2.74. The third-order valence-electron chi connectivity index (χ3n) is 3.76. The topological polar surface area (TPSA) is 61.6 Å². The van der Waals surface area contributed by atoms with Crippen LogP contribution in [0.4, 0.5) is 5.82 Å². The van der Waals surface area contributed by atoms with E-state index in [-0.39, 0.29) is 0 Å². The minimum atomic E-state index is 0.367. The highest BCUT2D eigenvalue weighted by atomic mass is 15.0. The molecule has 0 aromatic carbocycles. The Morgan fingerprint density at radius 1 is 1.33 bits per heavy atom. The number of aromatic nitrogens is 2. The first-order chi connectivity index (χ1) is 8.83. The van der Waals surface area contributed by atoms with E-state index in [1.54, 1.807) is 6.20 Å². The zero-order valence-corrected chi connectivity index (χ0v) is 10.9. The van der Waals surface area contributed by atoms with Crippen molar-refractivity contribution in [1.29, 1.82) is 5.26 Å².